The van der Waals surface area contributed by atoms with Gasteiger partial charge in [0, 0.05) is 30.9 Å². The average molecular weight is 335 g/mol. The first-order valence-corrected chi connectivity index (χ1v) is 8.62. The maximum absolute atomic E-state index is 12.6. The van der Waals surface area contributed by atoms with E-state index in [1.165, 1.54) is 0 Å². The lowest BCUT2D eigenvalue weighted by Gasteiger charge is -2.32. The van der Waals surface area contributed by atoms with Crippen LogP contribution in [0.1, 0.15) is 24.6 Å². The summed E-state index contributed by atoms with van der Waals surface area (Å²) in [6.45, 7) is 1.53. The van der Waals surface area contributed by atoms with Gasteiger partial charge < -0.3 is 10.6 Å². The summed E-state index contributed by atoms with van der Waals surface area (Å²) in [6.07, 6.45) is 5.98. The number of hydrogen-bond acceptors (Lipinski definition) is 4. The fourth-order valence-electron chi connectivity index (χ4n) is 3.45. The average Bonchev–Trinajstić information content (AvgIpc) is 3.17. The second kappa shape index (κ2) is 6.55. The number of nitrogen functional groups attached to an aromatic ring is 1. The van der Waals surface area contributed by atoms with E-state index in [1.807, 2.05) is 52.2 Å². The number of benzene rings is 1. The first-order valence-electron chi connectivity index (χ1n) is 8.62. The van der Waals surface area contributed by atoms with Crippen molar-refractivity contribution in [1.82, 2.24) is 19.7 Å². The maximum atomic E-state index is 12.6. The van der Waals surface area contributed by atoms with Gasteiger partial charge in [0.15, 0.2) is 0 Å². The molecule has 128 valence electrons. The normalized spacial score (nSPS) is 15.6. The van der Waals surface area contributed by atoms with Gasteiger partial charge in [-0.1, -0.05) is 18.2 Å². The standard InChI is InChI=1S/C19H21N5O/c20-17-4-1-3-14-5-6-15(22-19(14)17)13-18(25)23-11-7-16(8-12-23)24-10-2-9-21-24/h1-6,9-10,16H,7-8,11-13,20H2. The largest absolute Gasteiger partial charge is 0.397 e. The van der Waals surface area contributed by atoms with Crippen LogP contribution >= 0.6 is 0 Å². The number of pyridine rings is 1. The number of nitrogens with two attached hydrogens (primary N) is 1. The van der Waals surface area contributed by atoms with Crippen LogP contribution in [0.4, 0.5) is 5.69 Å². The van der Waals surface area contributed by atoms with Gasteiger partial charge in [0.1, 0.15) is 0 Å². The van der Waals surface area contributed by atoms with Crippen molar-refractivity contribution in [3.8, 4) is 0 Å². The summed E-state index contributed by atoms with van der Waals surface area (Å²) in [7, 11) is 0. The second-order valence-electron chi connectivity index (χ2n) is 6.50. The molecule has 25 heavy (non-hydrogen) atoms. The van der Waals surface area contributed by atoms with Gasteiger partial charge in [-0.2, -0.15) is 5.10 Å². The molecule has 0 aliphatic carbocycles. The van der Waals surface area contributed by atoms with Crippen LogP contribution in [-0.4, -0.2) is 38.7 Å². The summed E-state index contributed by atoms with van der Waals surface area (Å²) in [5, 5.41) is 5.30. The van der Waals surface area contributed by atoms with Crippen LogP contribution in [0.25, 0.3) is 10.9 Å². The number of carbonyl (C=O) groups excluding carboxylic acids is 1. The molecule has 1 saturated heterocycles. The first-order chi connectivity index (χ1) is 12.2. The molecular formula is C19H21N5O. The lowest BCUT2D eigenvalue weighted by Crippen LogP contribution is -2.40. The van der Waals surface area contributed by atoms with E-state index in [9.17, 15) is 4.79 Å². The van der Waals surface area contributed by atoms with Crippen LogP contribution < -0.4 is 5.73 Å². The number of fused-ring (bicyclic) bond motifs is 1. The molecule has 6 heteroatoms. The summed E-state index contributed by atoms with van der Waals surface area (Å²) < 4.78 is 2.00. The Labute approximate surface area is 146 Å². The Bertz CT molecular complexity index is 882. The van der Waals surface area contributed by atoms with Gasteiger partial charge in [0.25, 0.3) is 0 Å². The van der Waals surface area contributed by atoms with Gasteiger partial charge in [0.05, 0.1) is 29.4 Å². The van der Waals surface area contributed by atoms with E-state index in [-0.39, 0.29) is 5.91 Å². The molecule has 0 radical (unpaired) electrons. The molecular weight excluding hydrogens is 314 g/mol. The summed E-state index contributed by atoms with van der Waals surface area (Å²) >= 11 is 0. The third-order valence-electron chi connectivity index (χ3n) is 4.86. The molecule has 1 fully saturated rings. The fraction of sp³-hybridized carbons (Fsp3) is 0.316. The Balaban J connectivity index is 1.42. The van der Waals surface area contributed by atoms with Gasteiger partial charge in [-0.05, 0) is 31.0 Å². The molecule has 0 unspecified atom stereocenters. The van der Waals surface area contributed by atoms with Crippen molar-refractivity contribution >= 4 is 22.5 Å². The summed E-state index contributed by atoms with van der Waals surface area (Å²) in [5.74, 6) is 0.125. The van der Waals surface area contributed by atoms with Crippen LogP contribution in [0.2, 0.25) is 0 Å². The van der Waals surface area contributed by atoms with Crippen LogP contribution in [-0.2, 0) is 11.2 Å². The SMILES string of the molecule is Nc1cccc2ccc(CC(=O)N3CCC(n4cccn4)CC3)nc12. The minimum absolute atomic E-state index is 0.125. The molecule has 1 aromatic carbocycles. The fourth-order valence-corrected chi connectivity index (χ4v) is 3.45. The zero-order chi connectivity index (χ0) is 17.2. The molecule has 2 aromatic heterocycles. The summed E-state index contributed by atoms with van der Waals surface area (Å²) in [6, 6.07) is 11.9. The van der Waals surface area contributed by atoms with E-state index in [0.29, 0.717) is 18.2 Å². The molecule has 0 atom stereocenters. The van der Waals surface area contributed by atoms with E-state index in [0.717, 1.165) is 42.5 Å². The lowest BCUT2D eigenvalue weighted by atomic mass is 10.0. The Morgan fingerprint density at radius 3 is 2.76 bits per heavy atom. The molecule has 6 nitrogen and oxygen atoms in total. The Kier molecular flexibility index (Phi) is 4.09. The third kappa shape index (κ3) is 3.20. The summed E-state index contributed by atoms with van der Waals surface area (Å²) in [4.78, 5) is 19.1. The first kappa shape index (κ1) is 15.6. The van der Waals surface area contributed by atoms with Gasteiger partial charge in [-0.25, -0.2) is 0 Å². The predicted molar refractivity (Wildman–Crippen MR) is 96.9 cm³/mol. The van der Waals surface area contributed by atoms with Crippen molar-refractivity contribution in [2.24, 2.45) is 0 Å². The van der Waals surface area contributed by atoms with Crippen molar-refractivity contribution < 1.29 is 4.79 Å². The zero-order valence-corrected chi connectivity index (χ0v) is 14.0. The molecule has 0 spiro atoms. The van der Waals surface area contributed by atoms with Crippen molar-refractivity contribution in [3.05, 3.63) is 54.5 Å². The number of aromatic nitrogens is 3. The Morgan fingerprint density at radius 2 is 2.00 bits per heavy atom. The van der Waals surface area contributed by atoms with Crippen LogP contribution in [0.5, 0.6) is 0 Å². The predicted octanol–water partition coefficient (Wildman–Crippen LogP) is 2.42. The number of carbonyl (C=O) groups is 1. The van der Waals surface area contributed by atoms with Crippen molar-refractivity contribution in [2.75, 3.05) is 18.8 Å². The zero-order valence-electron chi connectivity index (χ0n) is 14.0. The second-order valence-corrected chi connectivity index (χ2v) is 6.50. The van der Waals surface area contributed by atoms with Crippen LogP contribution in [0.15, 0.2) is 48.8 Å². The number of hydrogen-bond donors (Lipinski definition) is 1. The van der Waals surface area contributed by atoms with E-state index < -0.39 is 0 Å². The minimum atomic E-state index is 0.125. The van der Waals surface area contributed by atoms with Crippen LogP contribution in [0.3, 0.4) is 0 Å². The molecule has 0 saturated carbocycles. The molecule has 3 aromatic rings. The molecule has 4 rings (SSSR count). The van der Waals surface area contributed by atoms with Crippen molar-refractivity contribution in [3.63, 3.8) is 0 Å². The Hall–Kier alpha value is -2.89. The topological polar surface area (TPSA) is 77.0 Å². The van der Waals surface area contributed by atoms with E-state index in [1.54, 1.807) is 6.20 Å². The highest BCUT2D eigenvalue weighted by molar-refractivity contribution is 5.89. The number of nitrogens with zero attached hydrogens (tertiary/aromatic N) is 4. The van der Waals surface area contributed by atoms with Crippen LogP contribution in [0, 0.1) is 0 Å². The number of anilines is 1. The smallest absolute Gasteiger partial charge is 0.228 e. The van der Waals surface area contributed by atoms with Gasteiger partial charge in [-0.3, -0.25) is 14.5 Å². The molecule has 1 aliphatic heterocycles. The molecule has 3 heterocycles. The highest BCUT2D eigenvalue weighted by Crippen LogP contribution is 2.23. The molecule has 1 aliphatic rings. The minimum Gasteiger partial charge on any atom is -0.397 e. The number of piperidine rings is 1. The molecule has 0 bridgehead atoms. The highest BCUT2D eigenvalue weighted by atomic mass is 16.2. The number of amides is 1. The number of likely N-dealkylation sites (tertiary alicyclic amines) is 1. The van der Waals surface area contributed by atoms with E-state index in [4.69, 9.17) is 5.73 Å². The van der Waals surface area contributed by atoms with E-state index in [2.05, 4.69) is 10.1 Å². The number of rotatable bonds is 3. The molecule has 1 amide bonds. The van der Waals surface area contributed by atoms with Crippen molar-refractivity contribution in [1.29, 1.82) is 0 Å². The highest BCUT2D eigenvalue weighted by Gasteiger charge is 2.24. The number of para-hydroxylation sites is 1. The van der Waals surface area contributed by atoms with Gasteiger partial charge >= 0.3 is 0 Å². The van der Waals surface area contributed by atoms with Gasteiger partial charge in [0.2, 0.25) is 5.91 Å². The monoisotopic (exact) mass is 335 g/mol. The van der Waals surface area contributed by atoms with E-state index >= 15 is 0 Å². The van der Waals surface area contributed by atoms with Gasteiger partial charge in [-0.15, -0.1) is 0 Å². The van der Waals surface area contributed by atoms with Crippen molar-refractivity contribution in [2.45, 2.75) is 25.3 Å². The third-order valence-corrected chi connectivity index (χ3v) is 4.86. The molecule has 2 N–H and O–H groups in total. The maximum Gasteiger partial charge on any atom is 0.228 e. The quantitative estimate of drug-likeness (QED) is 0.746. The lowest BCUT2D eigenvalue weighted by molar-refractivity contribution is -0.131. The summed E-state index contributed by atoms with van der Waals surface area (Å²) in [5.41, 5.74) is 8.18. The Morgan fingerprint density at radius 1 is 1.16 bits per heavy atom.